The Bertz CT molecular complexity index is 976. The summed E-state index contributed by atoms with van der Waals surface area (Å²) in [5.41, 5.74) is 2.03. The average Bonchev–Trinajstić information content (AvgIpc) is 3.10. The van der Waals surface area contributed by atoms with Crippen LogP contribution in [0.1, 0.15) is 42.7 Å². The highest BCUT2D eigenvalue weighted by atomic mass is 32.2. The number of fused-ring (bicyclic) bond motifs is 1. The lowest BCUT2D eigenvalue weighted by Crippen LogP contribution is -2.39. The topological polar surface area (TPSA) is 49.9 Å². The van der Waals surface area contributed by atoms with Gasteiger partial charge in [-0.25, -0.2) is 8.42 Å². The maximum absolute atomic E-state index is 13.1. The van der Waals surface area contributed by atoms with Crippen molar-refractivity contribution in [3.63, 3.8) is 0 Å². The number of nitrogens with zero attached hydrogens (tertiary/aromatic N) is 2. The third-order valence-corrected chi connectivity index (χ3v) is 9.04. The predicted octanol–water partition coefficient (Wildman–Crippen LogP) is 4.30. The highest BCUT2D eigenvalue weighted by molar-refractivity contribution is 7.89. The molecule has 0 N–H and O–H groups in total. The number of rotatable bonds is 6. The van der Waals surface area contributed by atoms with E-state index in [2.05, 4.69) is 24.8 Å². The molecule has 2 aromatic rings. The number of hydrogen-bond donors (Lipinski definition) is 0. The fourth-order valence-electron chi connectivity index (χ4n) is 4.41. The third kappa shape index (κ3) is 4.74. The fourth-order valence-corrected chi connectivity index (χ4v) is 7.26. The molecule has 0 aliphatic carbocycles. The van der Waals surface area contributed by atoms with Crippen molar-refractivity contribution in [2.24, 2.45) is 5.92 Å². The van der Waals surface area contributed by atoms with Crippen LogP contribution in [0.4, 0.5) is 0 Å². The van der Waals surface area contributed by atoms with Crippen molar-refractivity contribution in [3.8, 4) is 5.06 Å². The van der Waals surface area contributed by atoms with Crippen molar-refractivity contribution >= 4 is 21.4 Å². The number of benzene rings is 1. The maximum Gasteiger partial charge on any atom is 0.243 e. The molecular weight excluding hydrogens is 416 g/mol. The summed E-state index contributed by atoms with van der Waals surface area (Å²) >= 11 is 1.62. The minimum atomic E-state index is -3.48. The molecule has 1 aromatic heterocycles. The Hall–Kier alpha value is -1.41. The molecule has 3 heterocycles. The van der Waals surface area contributed by atoms with Crippen LogP contribution in [-0.4, -0.2) is 49.9 Å². The van der Waals surface area contributed by atoms with Gasteiger partial charge in [0.2, 0.25) is 10.0 Å². The highest BCUT2D eigenvalue weighted by Crippen LogP contribution is 2.36. The Morgan fingerprint density at radius 1 is 1.17 bits per heavy atom. The second kappa shape index (κ2) is 8.99. The Morgan fingerprint density at radius 2 is 1.90 bits per heavy atom. The van der Waals surface area contributed by atoms with Crippen molar-refractivity contribution in [2.75, 3.05) is 26.2 Å². The summed E-state index contributed by atoms with van der Waals surface area (Å²) in [6.45, 7) is 10.7. The van der Waals surface area contributed by atoms with Crippen molar-refractivity contribution < 1.29 is 13.2 Å². The molecule has 0 atom stereocenters. The lowest BCUT2D eigenvalue weighted by molar-refractivity contribution is 0.0969. The Balaban J connectivity index is 1.40. The molecule has 0 radical (unpaired) electrons. The van der Waals surface area contributed by atoms with Crippen LogP contribution in [0.15, 0.2) is 35.2 Å². The number of thiophene rings is 1. The van der Waals surface area contributed by atoms with Crippen LogP contribution < -0.4 is 4.74 Å². The van der Waals surface area contributed by atoms with E-state index in [1.807, 2.05) is 19.1 Å². The molecule has 0 amide bonds. The standard InChI is InChI=1S/C23H32N2O3S2/c1-17(2)15-24-11-9-20(10-12-24)28-23-14-19-8-13-25(16-21(19)29-23)30(26,27)22-7-5-4-6-18(22)3/h4-7,14,17,20H,8-13,15-16H2,1-3H3. The van der Waals surface area contributed by atoms with Crippen molar-refractivity contribution in [1.29, 1.82) is 0 Å². The van der Waals surface area contributed by atoms with E-state index in [9.17, 15) is 8.42 Å². The second-order valence-corrected chi connectivity index (χ2v) is 11.9. The fraction of sp³-hybridized carbons (Fsp3) is 0.565. The molecule has 1 fully saturated rings. The van der Waals surface area contributed by atoms with E-state index in [0.29, 0.717) is 23.9 Å². The van der Waals surface area contributed by atoms with E-state index in [1.54, 1.807) is 27.8 Å². The van der Waals surface area contributed by atoms with Crippen LogP contribution in [0.2, 0.25) is 0 Å². The van der Waals surface area contributed by atoms with Gasteiger partial charge in [0.15, 0.2) is 5.06 Å². The molecule has 0 bridgehead atoms. The molecule has 1 saturated heterocycles. The summed E-state index contributed by atoms with van der Waals surface area (Å²) < 4.78 is 34.2. The van der Waals surface area contributed by atoms with Gasteiger partial charge < -0.3 is 9.64 Å². The van der Waals surface area contributed by atoms with Crippen molar-refractivity contribution in [2.45, 2.75) is 57.6 Å². The van der Waals surface area contributed by atoms with Gasteiger partial charge in [-0.15, -0.1) is 11.3 Å². The lowest BCUT2D eigenvalue weighted by Gasteiger charge is -2.32. The third-order valence-electron chi connectivity index (χ3n) is 5.98. The van der Waals surface area contributed by atoms with E-state index >= 15 is 0 Å². The molecular formula is C23H32N2O3S2. The average molecular weight is 449 g/mol. The summed E-state index contributed by atoms with van der Waals surface area (Å²) in [6, 6.07) is 9.36. The molecule has 1 aromatic carbocycles. The molecule has 4 rings (SSSR count). The first kappa shape index (κ1) is 21.8. The van der Waals surface area contributed by atoms with Crippen LogP contribution in [0.25, 0.3) is 0 Å². The smallest absolute Gasteiger partial charge is 0.243 e. The SMILES string of the molecule is Cc1ccccc1S(=O)(=O)N1CCc2cc(OC3CCN(CC(C)C)CC3)sc2C1. The predicted molar refractivity (Wildman–Crippen MR) is 122 cm³/mol. The first-order valence-electron chi connectivity index (χ1n) is 10.9. The molecule has 7 heteroatoms. The van der Waals surface area contributed by atoms with Crippen LogP contribution in [0.3, 0.4) is 0 Å². The number of hydrogen-bond acceptors (Lipinski definition) is 5. The van der Waals surface area contributed by atoms with Gasteiger partial charge in [-0.1, -0.05) is 32.0 Å². The molecule has 2 aliphatic rings. The molecule has 5 nitrogen and oxygen atoms in total. The summed E-state index contributed by atoms with van der Waals surface area (Å²) in [5.74, 6) is 0.699. The highest BCUT2D eigenvalue weighted by Gasteiger charge is 2.31. The van der Waals surface area contributed by atoms with E-state index in [-0.39, 0.29) is 6.10 Å². The summed E-state index contributed by atoms with van der Waals surface area (Å²) in [4.78, 5) is 4.05. The normalized spacial score (nSPS) is 19.2. The molecule has 2 aliphatic heterocycles. The zero-order valence-corrected chi connectivity index (χ0v) is 19.8. The molecule has 30 heavy (non-hydrogen) atoms. The second-order valence-electron chi connectivity index (χ2n) is 8.88. The van der Waals surface area contributed by atoms with Crippen molar-refractivity contribution in [3.05, 3.63) is 46.3 Å². The van der Waals surface area contributed by atoms with Gasteiger partial charge in [0, 0.05) is 37.6 Å². The lowest BCUT2D eigenvalue weighted by atomic mass is 10.1. The number of aryl methyl sites for hydroxylation is 1. The molecule has 0 spiro atoms. The van der Waals surface area contributed by atoms with Gasteiger partial charge in [0.05, 0.1) is 4.90 Å². The van der Waals surface area contributed by atoms with Crippen molar-refractivity contribution in [1.82, 2.24) is 9.21 Å². The Kier molecular flexibility index (Phi) is 6.53. The van der Waals surface area contributed by atoms with Gasteiger partial charge in [-0.3, -0.25) is 0 Å². The first-order chi connectivity index (χ1) is 14.3. The zero-order valence-electron chi connectivity index (χ0n) is 18.1. The van der Waals surface area contributed by atoms with Gasteiger partial charge in [0.1, 0.15) is 6.10 Å². The Morgan fingerprint density at radius 3 is 2.60 bits per heavy atom. The van der Waals surface area contributed by atoms with Crippen LogP contribution in [0.5, 0.6) is 5.06 Å². The molecule has 0 saturated carbocycles. The minimum Gasteiger partial charge on any atom is -0.481 e. The quantitative estimate of drug-likeness (QED) is 0.661. The van der Waals surface area contributed by atoms with Crippen LogP contribution in [0, 0.1) is 12.8 Å². The van der Waals surface area contributed by atoms with Gasteiger partial charge in [-0.2, -0.15) is 4.31 Å². The number of likely N-dealkylation sites (tertiary alicyclic amines) is 1. The van der Waals surface area contributed by atoms with Gasteiger partial charge >= 0.3 is 0 Å². The van der Waals surface area contributed by atoms with Gasteiger partial charge in [-0.05, 0) is 55.4 Å². The largest absolute Gasteiger partial charge is 0.481 e. The number of ether oxygens (including phenoxy) is 1. The summed E-state index contributed by atoms with van der Waals surface area (Å²) in [6.07, 6.45) is 3.12. The van der Waals surface area contributed by atoms with Crippen LogP contribution >= 0.6 is 11.3 Å². The summed E-state index contributed by atoms with van der Waals surface area (Å²) in [7, 11) is -3.48. The van der Waals surface area contributed by atoms with E-state index in [0.717, 1.165) is 54.4 Å². The molecule has 164 valence electrons. The number of piperidine rings is 1. The first-order valence-corrected chi connectivity index (χ1v) is 13.1. The monoisotopic (exact) mass is 448 g/mol. The minimum absolute atomic E-state index is 0.264. The van der Waals surface area contributed by atoms with Gasteiger partial charge in [0.25, 0.3) is 0 Å². The van der Waals surface area contributed by atoms with E-state index in [4.69, 9.17) is 4.74 Å². The Labute approximate surface area is 184 Å². The zero-order chi connectivity index (χ0) is 21.3. The number of sulfonamides is 1. The molecule has 0 unspecified atom stereocenters. The summed E-state index contributed by atoms with van der Waals surface area (Å²) in [5, 5.41) is 0.942. The van der Waals surface area contributed by atoms with E-state index < -0.39 is 10.0 Å². The maximum atomic E-state index is 13.1. The van der Waals surface area contributed by atoms with E-state index in [1.165, 1.54) is 5.56 Å². The van der Waals surface area contributed by atoms with Crippen LogP contribution in [-0.2, 0) is 23.0 Å².